The number of nitrogens with two attached hydrogens (primary N) is 1. The monoisotopic (exact) mass is 226 g/mol. The number of likely N-dealkylation sites (tertiary alicyclic amines) is 1. The van der Waals surface area contributed by atoms with Crippen LogP contribution in [0.1, 0.15) is 54.4 Å². The maximum absolute atomic E-state index is 12.6. The van der Waals surface area contributed by atoms with Crippen LogP contribution in [0.3, 0.4) is 0 Å². The molecule has 1 rings (SSSR count). The molecular formula is C13H26N2O. The van der Waals surface area contributed by atoms with E-state index in [1.54, 1.807) is 0 Å². The van der Waals surface area contributed by atoms with E-state index in [0.29, 0.717) is 0 Å². The molecule has 1 fully saturated rings. The fourth-order valence-electron chi connectivity index (χ4n) is 2.10. The lowest BCUT2D eigenvalue weighted by Gasteiger charge is -2.43. The van der Waals surface area contributed by atoms with Gasteiger partial charge in [-0.2, -0.15) is 0 Å². The summed E-state index contributed by atoms with van der Waals surface area (Å²) in [5, 5.41) is 0. The lowest BCUT2D eigenvalue weighted by molar-refractivity contribution is -0.146. The molecule has 0 atom stereocenters. The zero-order chi connectivity index (χ0) is 12.8. The van der Waals surface area contributed by atoms with Crippen molar-refractivity contribution in [1.82, 2.24) is 4.90 Å². The summed E-state index contributed by atoms with van der Waals surface area (Å²) in [6, 6.07) is 0. The van der Waals surface area contributed by atoms with E-state index in [1.165, 1.54) is 0 Å². The van der Waals surface area contributed by atoms with Crippen LogP contribution in [0.15, 0.2) is 0 Å². The van der Waals surface area contributed by atoms with Crippen molar-refractivity contribution in [3.8, 4) is 0 Å². The van der Waals surface area contributed by atoms with Gasteiger partial charge in [0.25, 0.3) is 0 Å². The van der Waals surface area contributed by atoms with Crippen LogP contribution in [-0.4, -0.2) is 28.4 Å². The fourth-order valence-corrected chi connectivity index (χ4v) is 2.10. The van der Waals surface area contributed by atoms with Gasteiger partial charge in [0.05, 0.1) is 5.41 Å². The molecule has 0 bridgehead atoms. The Bertz CT molecular complexity index is 287. The molecule has 0 aromatic rings. The van der Waals surface area contributed by atoms with Gasteiger partial charge in [-0.05, 0) is 54.4 Å². The number of carbonyl (C=O) groups excluding carboxylic acids is 1. The Hall–Kier alpha value is -0.570. The van der Waals surface area contributed by atoms with E-state index in [4.69, 9.17) is 5.73 Å². The zero-order valence-corrected chi connectivity index (χ0v) is 11.6. The third-order valence-corrected chi connectivity index (χ3v) is 4.29. The maximum atomic E-state index is 12.6. The molecule has 16 heavy (non-hydrogen) atoms. The van der Waals surface area contributed by atoms with Gasteiger partial charge < -0.3 is 10.6 Å². The first-order valence-corrected chi connectivity index (χ1v) is 6.11. The normalized spacial score (nSPS) is 21.3. The maximum Gasteiger partial charge on any atom is 0.230 e. The molecule has 0 aliphatic carbocycles. The molecule has 0 spiro atoms. The van der Waals surface area contributed by atoms with Gasteiger partial charge in [-0.3, -0.25) is 4.79 Å². The number of amides is 1. The number of nitrogens with zero attached hydrogens (tertiary/aromatic N) is 1. The Morgan fingerprint density at radius 3 is 2.06 bits per heavy atom. The summed E-state index contributed by atoms with van der Waals surface area (Å²) in [6.07, 6.45) is 2.18. The third kappa shape index (κ3) is 2.10. The van der Waals surface area contributed by atoms with Crippen molar-refractivity contribution in [2.45, 2.75) is 65.5 Å². The first kappa shape index (κ1) is 13.5. The number of carbonyl (C=O) groups is 1. The van der Waals surface area contributed by atoms with E-state index in [2.05, 4.69) is 13.8 Å². The first-order chi connectivity index (χ1) is 7.00. The molecule has 0 saturated carbocycles. The Morgan fingerprint density at radius 1 is 1.25 bits per heavy atom. The minimum absolute atomic E-state index is 0.0143. The molecule has 1 aliphatic rings. The summed E-state index contributed by atoms with van der Waals surface area (Å²) < 4.78 is 0. The summed E-state index contributed by atoms with van der Waals surface area (Å²) in [7, 11) is 0. The highest BCUT2D eigenvalue weighted by Gasteiger charge is 2.47. The van der Waals surface area contributed by atoms with Gasteiger partial charge in [-0.25, -0.2) is 0 Å². The third-order valence-electron chi connectivity index (χ3n) is 4.29. The predicted molar refractivity (Wildman–Crippen MR) is 67.1 cm³/mol. The summed E-state index contributed by atoms with van der Waals surface area (Å²) in [4.78, 5) is 14.6. The van der Waals surface area contributed by atoms with E-state index in [-0.39, 0.29) is 11.4 Å². The van der Waals surface area contributed by atoms with Gasteiger partial charge in [-0.15, -0.1) is 0 Å². The highest BCUT2D eigenvalue weighted by atomic mass is 16.2. The molecule has 3 nitrogen and oxygen atoms in total. The van der Waals surface area contributed by atoms with Crippen molar-refractivity contribution in [1.29, 1.82) is 0 Å². The van der Waals surface area contributed by atoms with E-state index in [1.807, 2.05) is 32.6 Å². The zero-order valence-electron chi connectivity index (χ0n) is 11.6. The van der Waals surface area contributed by atoms with E-state index >= 15 is 0 Å². The smallest absolute Gasteiger partial charge is 0.230 e. The first-order valence-electron chi connectivity index (χ1n) is 6.11. The van der Waals surface area contributed by atoms with Crippen molar-refractivity contribution in [3.63, 3.8) is 0 Å². The highest BCUT2D eigenvalue weighted by Crippen LogP contribution is 2.37. The Kier molecular flexibility index (Phi) is 3.14. The SMILES string of the molecule is CC1(C)CCCN1C(=O)C(C)(C)C(C)(C)N. The molecule has 0 unspecified atom stereocenters. The summed E-state index contributed by atoms with van der Waals surface area (Å²) in [6.45, 7) is 12.9. The number of hydrogen-bond acceptors (Lipinski definition) is 2. The minimum atomic E-state index is -0.519. The van der Waals surface area contributed by atoms with Gasteiger partial charge in [0, 0.05) is 17.6 Å². The lowest BCUT2D eigenvalue weighted by atomic mass is 9.73. The summed E-state index contributed by atoms with van der Waals surface area (Å²) >= 11 is 0. The average Bonchev–Trinajstić information content (AvgIpc) is 2.41. The van der Waals surface area contributed by atoms with Crippen LogP contribution >= 0.6 is 0 Å². The van der Waals surface area contributed by atoms with Crippen LogP contribution in [-0.2, 0) is 4.79 Å². The molecule has 0 aromatic carbocycles. The van der Waals surface area contributed by atoms with Crippen molar-refractivity contribution < 1.29 is 4.79 Å². The highest BCUT2D eigenvalue weighted by molar-refractivity contribution is 5.84. The molecule has 1 amide bonds. The molecule has 2 N–H and O–H groups in total. The second kappa shape index (κ2) is 3.73. The van der Waals surface area contributed by atoms with Gasteiger partial charge in [0.2, 0.25) is 5.91 Å². The van der Waals surface area contributed by atoms with Crippen LogP contribution in [0.25, 0.3) is 0 Å². The van der Waals surface area contributed by atoms with Crippen LogP contribution < -0.4 is 5.73 Å². The molecule has 0 aromatic heterocycles. The van der Waals surface area contributed by atoms with E-state index in [9.17, 15) is 4.79 Å². The standard InChI is InChI=1S/C13H26N2O/c1-11(2)8-7-9-15(11)10(16)12(3,4)13(5,6)14/h7-9,14H2,1-6H3. The number of rotatable bonds is 2. The van der Waals surface area contributed by atoms with Gasteiger partial charge in [0.1, 0.15) is 0 Å². The van der Waals surface area contributed by atoms with E-state index < -0.39 is 11.0 Å². The summed E-state index contributed by atoms with van der Waals surface area (Å²) in [5.74, 6) is 0.183. The van der Waals surface area contributed by atoms with Crippen LogP contribution in [0, 0.1) is 5.41 Å². The molecule has 0 radical (unpaired) electrons. The van der Waals surface area contributed by atoms with Crippen molar-refractivity contribution in [2.24, 2.45) is 11.1 Å². The second-order valence-electron chi connectivity index (χ2n) is 6.72. The Balaban J connectivity index is 2.95. The van der Waals surface area contributed by atoms with Crippen molar-refractivity contribution >= 4 is 5.91 Å². The quantitative estimate of drug-likeness (QED) is 0.784. The second-order valence-corrected chi connectivity index (χ2v) is 6.72. The molecule has 3 heteroatoms. The topological polar surface area (TPSA) is 46.3 Å². The van der Waals surface area contributed by atoms with Crippen LogP contribution in [0.4, 0.5) is 0 Å². The molecule has 1 aliphatic heterocycles. The van der Waals surface area contributed by atoms with Crippen molar-refractivity contribution in [3.05, 3.63) is 0 Å². The van der Waals surface area contributed by atoms with Crippen LogP contribution in [0.5, 0.6) is 0 Å². The molecule has 1 heterocycles. The lowest BCUT2D eigenvalue weighted by Crippen LogP contribution is -2.58. The molecular weight excluding hydrogens is 200 g/mol. The minimum Gasteiger partial charge on any atom is -0.337 e. The number of hydrogen-bond donors (Lipinski definition) is 1. The van der Waals surface area contributed by atoms with Gasteiger partial charge in [-0.1, -0.05) is 0 Å². The van der Waals surface area contributed by atoms with Crippen molar-refractivity contribution in [2.75, 3.05) is 6.54 Å². The van der Waals surface area contributed by atoms with Gasteiger partial charge >= 0.3 is 0 Å². The Morgan fingerprint density at radius 2 is 1.75 bits per heavy atom. The summed E-state index contributed by atoms with van der Waals surface area (Å²) in [5.41, 5.74) is 5.09. The Labute approximate surface area is 99.4 Å². The van der Waals surface area contributed by atoms with E-state index in [0.717, 1.165) is 19.4 Å². The predicted octanol–water partition coefficient (Wildman–Crippen LogP) is 2.15. The largest absolute Gasteiger partial charge is 0.337 e. The van der Waals surface area contributed by atoms with Crippen LogP contribution in [0.2, 0.25) is 0 Å². The van der Waals surface area contributed by atoms with Gasteiger partial charge in [0.15, 0.2) is 0 Å². The molecule has 1 saturated heterocycles. The fraction of sp³-hybridized carbons (Fsp3) is 0.923. The average molecular weight is 226 g/mol. The molecule has 94 valence electrons.